The van der Waals surface area contributed by atoms with Crippen LogP contribution in [-0.4, -0.2) is 38.8 Å². The van der Waals surface area contributed by atoms with Gasteiger partial charge in [0.15, 0.2) is 11.6 Å². The molecule has 0 saturated heterocycles. The summed E-state index contributed by atoms with van der Waals surface area (Å²) in [6, 6.07) is 22.5. The van der Waals surface area contributed by atoms with E-state index in [1.807, 2.05) is 60.7 Å². The Morgan fingerprint density at radius 1 is 1.00 bits per heavy atom. The molecule has 4 aromatic rings. The van der Waals surface area contributed by atoms with E-state index in [1.54, 1.807) is 12.1 Å². The second-order valence-electron chi connectivity index (χ2n) is 6.98. The number of nitrogens with zero attached hydrogens (tertiary/aromatic N) is 2. The first kappa shape index (κ1) is 20.7. The number of alkyl halides is 1. The van der Waals surface area contributed by atoms with Crippen LogP contribution < -0.4 is 15.8 Å². The van der Waals surface area contributed by atoms with Gasteiger partial charge in [-0.15, -0.1) is 11.6 Å². The molecule has 0 fully saturated rings. The molecule has 1 heterocycles. The number of nitrogens with two attached hydrogens (primary N) is 1. The monoisotopic (exact) mass is 435 g/mol. The van der Waals surface area contributed by atoms with Gasteiger partial charge in [0.05, 0.1) is 12.0 Å². The normalized spacial score (nSPS) is 11.8. The van der Waals surface area contributed by atoms with E-state index in [2.05, 4.69) is 20.5 Å². The zero-order chi connectivity index (χ0) is 21.6. The van der Waals surface area contributed by atoms with Crippen molar-refractivity contribution in [1.82, 2.24) is 15.2 Å². The number of aromatic amines is 1. The molecule has 1 unspecified atom stereocenters. The lowest BCUT2D eigenvalue weighted by Gasteiger charge is -2.10. The van der Waals surface area contributed by atoms with Crippen molar-refractivity contribution in [1.29, 1.82) is 0 Å². The second-order valence-corrected chi connectivity index (χ2v) is 7.28. The number of aliphatic hydroxyl groups excluding tert-OH is 1. The summed E-state index contributed by atoms with van der Waals surface area (Å²) in [6.45, 7) is 0.368. The van der Waals surface area contributed by atoms with Crippen LogP contribution in [0.3, 0.4) is 0 Å². The van der Waals surface area contributed by atoms with Crippen LogP contribution in [0.2, 0.25) is 0 Å². The quantitative estimate of drug-likeness (QED) is 0.239. The molecule has 1 atom stereocenters. The van der Waals surface area contributed by atoms with Crippen molar-refractivity contribution < 1.29 is 9.84 Å². The van der Waals surface area contributed by atoms with Crippen LogP contribution in [0.25, 0.3) is 22.8 Å². The number of benzene rings is 3. The van der Waals surface area contributed by atoms with Crippen molar-refractivity contribution in [2.75, 3.05) is 23.5 Å². The molecule has 0 saturated carbocycles. The number of ether oxygens (including phenoxy) is 1. The Labute approximate surface area is 184 Å². The molecule has 0 amide bonds. The van der Waals surface area contributed by atoms with Crippen LogP contribution in [0.5, 0.6) is 11.5 Å². The number of nitrogen functional groups attached to an aromatic ring is 1. The molecule has 5 N–H and O–H groups in total. The molecule has 0 aliphatic heterocycles. The maximum Gasteiger partial charge on any atom is 0.181 e. The molecule has 7 nitrogen and oxygen atoms in total. The van der Waals surface area contributed by atoms with E-state index in [-0.39, 0.29) is 5.88 Å². The van der Waals surface area contributed by atoms with Gasteiger partial charge in [0.1, 0.15) is 11.5 Å². The number of rotatable bonds is 8. The summed E-state index contributed by atoms with van der Waals surface area (Å²) >= 11 is 5.64. The lowest BCUT2D eigenvalue weighted by Crippen LogP contribution is -2.20. The highest BCUT2D eigenvalue weighted by atomic mass is 35.5. The Hall–Kier alpha value is -3.55. The fourth-order valence-corrected chi connectivity index (χ4v) is 3.07. The molecular formula is C23H22ClN5O2. The second kappa shape index (κ2) is 9.51. The molecule has 0 spiro atoms. The van der Waals surface area contributed by atoms with Gasteiger partial charge < -0.3 is 20.9 Å². The first-order valence-corrected chi connectivity index (χ1v) is 10.3. The summed E-state index contributed by atoms with van der Waals surface area (Å²) in [5.74, 6) is 2.77. The summed E-state index contributed by atoms with van der Waals surface area (Å²) in [5.41, 5.74) is 8.96. The molecule has 0 radical (unpaired) electrons. The van der Waals surface area contributed by atoms with Crippen LogP contribution in [-0.2, 0) is 0 Å². The number of anilines is 2. The van der Waals surface area contributed by atoms with E-state index in [9.17, 15) is 5.11 Å². The van der Waals surface area contributed by atoms with Gasteiger partial charge in [-0.25, -0.2) is 4.98 Å². The van der Waals surface area contributed by atoms with E-state index < -0.39 is 6.10 Å². The number of H-pyrrole nitrogens is 1. The summed E-state index contributed by atoms with van der Waals surface area (Å²) < 4.78 is 5.90. The van der Waals surface area contributed by atoms with Crippen LogP contribution in [0.15, 0.2) is 72.8 Å². The fourth-order valence-electron chi connectivity index (χ4n) is 2.96. The first-order valence-electron chi connectivity index (χ1n) is 9.75. The summed E-state index contributed by atoms with van der Waals surface area (Å²) in [6.07, 6.45) is -0.608. The van der Waals surface area contributed by atoms with Crippen molar-refractivity contribution in [2.45, 2.75) is 6.10 Å². The fraction of sp³-hybridized carbons (Fsp3) is 0.130. The SMILES string of the molecule is Nc1ccc(Oc2cccc(-c3nc(-c4cccc(NCC(O)CCl)c4)n[nH]3)c2)cc1. The molecule has 0 aliphatic rings. The topological polar surface area (TPSA) is 109 Å². The van der Waals surface area contributed by atoms with Gasteiger partial charge in [0.25, 0.3) is 0 Å². The Balaban J connectivity index is 1.50. The highest BCUT2D eigenvalue weighted by Gasteiger charge is 2.10. The maximum atomic E-state index is 9.62. The highest BCUT2D eigenvalue weighted by molar-refractivity contribution is 6.18. The minimum atomic E-state index is -0.608. The smallest absolute Gasteiger partial charge is 0.181 e. The first-order chi connectivity index (χ1) is 15.1. The minimum absolute atomic E-state index is 0.179. The minimum Gasteiger partial charge on any atom is -0.457 e. The predicted octanol–water partition coefficient (Wildman–Crippen LogP) is 4.52. The van der Waals surface area contributed by atoms with Crippen molar-refractivity contribution in [3.63, 3.8) is 0 Å². The van der Waals surface area contributed by atoms with E-state index in [4.69, 9.17) is 22.1 Å². The summed E-state index contributed by atoms with van der Waals surface area (Å²) in [5, 5.41) is 20.1. The van der Waals surface area contributed by atoms with Gasteiger partial charge in [0.2, 0.25) is 0 Å². The van der Waals surface area contributed by atoms with Gasteiger partial charge in [0, 0.05) is 29.0 Å². The van der Waals surface area contributed by atoms with E-state index in [0.717, 1.165) is 16.8 Å². The van der Waals surface area contributed by atoms with Crippen LogP contribution in [0.1, 0.15) is 0 Å². The van der Waals surface area contributed by atoms with E-state index >= 15 is 0 Å². The predicted molar refractivity (Wildman–Crippen MR) is 123 cm³/mol. The van der Waals surface area contributed by atoms with Gasteiger partial charge in [-0.3, -0.25) is 5.10 Å². The largest absolute Gasteiger partial charge is 0.457 e. The third kappa shape index (κ3) is 5.33. The third-order valence-electron chi connectivity index (χ3n) is 4.55. The maximum absolute atomic E-state index is 9.62. The standard InChI is InChI=1S/C23H22ClN5O2/c24-13-19(30)14-26-18-5-1-3-15(11-18)22-27-23(29-28-22)16-4-2-6-21(12-16)31-20-9-7-17(25)8-10-20/h1-12,19,26,30H,13-14,25H2,(H,27,28,29). The van der Waals surface area contributed by atoms with Gasteiger partial charge >= 0.3 is 0 Å². The lowest BCUT2D eigenvalue weighted by molar-refractivity contribution is 0.211. The Bertz CT molecular complexity index is 1150. The number of aliphatic hydroxyl groups is 1. The van der Waals surface area contributed by atoms with Crippen molar-refractivity contribution in [3.8, 4) is 34.3 Å². The number of hydrogen-bond acceptors (Lipinski definition) is 6. The Morgan fingerprint density at radius 2 is 1.77 bits per heavy atom. The molecule has 8 heteroatoms. The molecular weight excluding hydrogens is 414 g/mol. The molecule has 31 heavy (non-hydrogen) atoms. The van der Waals surface area contributed by atoms with E-state index in [1.165, 1.54) is 0 Å². The molecule has 158 valence electrons. The average Bonchev–Trinajstić information content (AvgIpc) is 3.30. The Morgan fingerprint density at radius 3 is 2.58 bits per heavy atom. The van der Waals surface area contributed by atoms with E-state index in [0.29, 0.717) is 35.4 Å². The summed E-state index contributed by atoms with van der Waals surface area (Å²) in [4.78, 5) is 4.63. The zero-order valence-electron chi connectivity index (χ0n) is 16.6. The van der Waals surface area contributed by atoms with Crippen LogP contribution in [0, 0.1) is 0 Å². The van der Waals surface area contributed by atoms with Crippen LogP contribution >= 0.6 is 11.6 Å². The molecule has 3 aromatic carbocycles. The number of halogens is 1. The molecule has 4 rings (SSSR count). The summed E-state index contributed by atoms with van der Waals surface area (Å²) in [7, 11) is 0. The van der Waals surface area contributed by atoms with Gasteiger partial charge in [-0.05, 0) is 48.5 Å². The van der Waals surface area contributed by atoms with Crippen molar-refractivity contribution in [2.24, 2.45) is 0 Å². The van der Waals surface area contributed by atoms with Crippen molar-refractivity contribution >= 4 is 23.0 Å². The van der Waals surface area contributed by atoms with Crippen LogP contribution in [0.4, 0.5) is 11.4 Å². The van der Waals surface area contributed by atoms with Crippen molar-refractivity contribution in [3.05, 3.63) is 72.8 Å². The molecule has 0 bridgehead atoms. The highest BCUT2D eigenvalue weighted by Crippen LogP contribution is 2.27. The molecule has 1 aromatic heterocycles. The number of aromatic nitrogens is 3. The van der Waals surface area contributed by atoms with Gasteiger partial charge in [-0.1, -0.05) is 24.3 Å². The molecule has 0 aliphatic carbocycles. The average molecular weight is 436 g/mol. The van der Waals surface area contributed by atoms with Gasteiger partial charge in [-0.2, -0.15) is 5.10 Å². The number of nitrogens with one attached hydrogen (secondary N) is 2. The third-order valence-corrected chi connectivity index (χ3v) is 4.91. The Kier molecular flexibility index (Phi) is 6.35. The number of hydrogen-bond donors (Lipinski definition) is 4. The zero-order valence-corrected chi connectivity index (χ0v) is 17.4. The lowest BCUT2D eigenvalue weighted by atomic mass is 10.2.